The minimum atomic E-state index is -0.250. The summed E-state index contributed by atoms with van der Waals surface area (Å²) in [6, 6.07) is 4.78. The second kappa shape index (κ2) is 9.01. The van der Waals surface area contributed by atoms with Crippen molar-refractivity contribution < 1.29 is 14.0 Å². The third kappa shape index (κ3) is 4.74. The molecule has 0 saturated carbocycles. The van der Waals surface area contributed by atoms with Gasteiger partial charge in [0.1, 0.15) is 5.82 Å². The first-order valence-electron chi connectivity index (χ1n) is 9.48. The topological polar surface area (TPSA) is 61.4 Å². The Labute approximate surface area is 155 Å². The third-order valence-corrected chi connectivity index (χ3v) is 5.11. The molecular weight excluding hydrogens is 333 g/mol. The molecule has 1 fully saturated rings. The minimum Gasteiger partial charge on any atom is -0.353 e. The molecule has 0 aromatic heterocycles. The predicted molar refractivity (Wildman–Crippen MR) is 100 cm³/mol. The normalized spacial score (nSPS) is 21.2. The molecule has 1 aliphatic heterocycles. The number of hydrogen-bond donors (Lipinski definition) is 2. The molecule has 5 nitrogen and oxygen atoms in total. The van der Waals surface area contributed by atoms with Gasteiger partial charge in [-0.2, -0.15) is 0 Å². The van der Waals surface area contributed by atoms with Crippen LogP contribution in [0.3, 0.4) is 0 Å². The van der Waals surface area contributed by atoms with Crippen molar-refractivity contribution >= 4 is 11.9 Å². The van der Waals surface area contributed by atoms with Gasteiger partial charge in [-0.25, -0.2) is 9.18 Å². The maximum Gasteiger partial charge on any atom is 0.317 e. The average Bonchev–Trinajstić information content (AvgIpc) is 2.63. The van der Waals surface area contributed by atoms with Crippen molar-refractivity contribution in [3.63, 3.8) is 0 Å². The van der Waals surface area contributed by atoms with E-state index in [9.17, 15) is 14.0 Å². The Morgan fingerprint density at radius 1 is 1.31 bits per heavy atom. The highest BCUT2D eigenvalue weighted by Crippen LogP contribution is 2.34. The summed E-state index contributed by atoms with van der Waals surface area (Å²) in [6.45, 7) is 8.49. The number of carbonyl (C=O) groups is 2. The monoisotopic (exact) mass is 363 g/mol. The lowest BCUT2D eigenvalue weighted by atomic mass is 9.88. The van der Waals surface area contributed by atoms with Crippen molar-refractivity contribution in [2.24, 2.45) is 5.92 Å². The van der Waals surface area contributed by atoms with E-state index in [4.69, 9.17) is 0 Å². The van der Waals surface area contributed by atoms with E-state index in [2.05, 4.69) is 10.6 Å². The fraction of sp³-hybridized carbons (Fsp3) is 0.600. The van der Waals surface area contributed by atoms with Crippen LogP contribution in [-0.2, 0) is 4.79 Å². The number of benzene rings is 1. The number of urea groups is 1. The van der Waals surface area contributed by atoms with Crippen LogP contribution in [0.4, 0.5) is 9.18 Å². The zero-order valence-electron chi connectivity index (χ0n) is 16.1. The molecule has 0 radical (unpaired) electrons. The lowest BCUT2D eigenvalue weighted by Crippen LogP contribution is -2.51. The number of piperidine rings is 1. The number of nitrogens with one attached hydrogen (secondary N) is 2. The molecule has 6 heteroatoms. The van der Waals surface area contributed by atoms with Crippen LogP contribution in [-0.4, -0.2) is 36.0 Å². The van der Waals surface area contributed by atoms with E-state index in [1.54, 1.807) is 24.0 Å². The number of amides is 3. The van der Waals surface area contributed by atoms with Gasteiger partial charge >= 0.3 is 6.03 Å². The van der Waals surface area contributed by atoms with Crippen molar-refractivity contribution in [1.82, 2.24) is 15.5 Å². The highest BCUT2D eigenvalue weighted by atomic mass is 19.1. The quantitative estimate of drug-likeness (QED) is 0.841. The lowest BCUT2D eigenvalue weighted by Gasteiger charge is -2.39. The van der Waals surface area contributed by atoms with Crippen LogP contribution in [0.1, 0.15) is 57.2 Å². The first kappa shape index (κ1) is 20.2. The van der Waals surface area contributed by atoms with Gasteiger partial charge in [0.25, 0.3) is 0 Å². The van der Waals surface area contributed by atoms with Crippen LogP contribution < -0.4 is 10.6 Å². The number of nitrogens with zero attached hydrogens (tertiary/aromatic N) is 1. The maximum atomic E-state index is 13.6. The molecule has 0 bridgehead atoms. The zero-order chi connectivity index (χ0) is 19.3. The largest absolute Gasteiger partial charge is 0.353 e. The van der Waals surface area contributed by atoms with Crippen LogP contribution in [0, 0.1) is 18.7 Å². The lowest BCUT2D eigenvalue weighted by molar-refractivity contribution is -0.127. The summed E-state index contributed by atoms with van der Waals surface area (Å²) in [5.74, 6) is -0.466. The molecule has 0 unspecified atom stereocenters. The molecule has 0 spiro atoms. The smallest absolute Gasteiger partial charge is 0.317 e. The maximum absolute atomic E-state index is 13.6. The van der Waals surface area contributed by atoms with Gasteiger partial charge in [-0.15, -0.1) is 0 Å². The molecular formula is C20H30FN3O2. The molecule has 1 aromatic rings. The Morgan fingerprint density at radius 3 is 2.65 bits per heavy atom. The van der Waals surface area contributed by atoms with Crippen molar-refractivity contribution in [1.29, 1.82) is 0 Å². The molecule has 3 atom stereocenters. The van der Waals surface area contributed by atoms with E-state index in [-0.39, 0.29) is 35.8 Å². The summed E-state index contributed by atoms with van der Waals surface area (Å²) in [7, 11) is 0. The fourth-order valence-corrected chi connectivity index (χ4v) is 3.35. The van der Waals surface area contributed by atoms with Gasteiger partial charge in [-0.3, -0.25) is 4.79 Å². The third-order valence-electron chi connectivity index (χ3n) is 5.11. The number of rotatable bonds is 5. The molecule has 0 aliphatic carbocycles. The molecule has 2 rings (SSSR count). The van der Waals surface area contributed by atoms with Gasteiger partial charge in [0.15, 0.2) is 0 Å². The number of halogens is 1. The number of aryl methyl sites for hydroxylation is 1. The molecule has 1 heterocycles. The van der Waals surface area contributed by atoms with Crippen molar-refractivity contribution in [2.75, 3.05) is 13.1 Å². The van der Waals surface area contributed by atoms with E-state index in [1.807, 2.05) is 20.8 Å². The molecule has 3 amide bonds. The standard InChI is InChI=1S/C20H30FN3O2/c1-5-14(4)23-19(25)16-8-10-18(24(12-16)20(26)22-6-2)15-7-9-17(21)13(3)11-15/h7,9,11,14,16,18H,5-6,8,10,12H2,1-4H3,(H,22,26)(H,23,25)/t14-,16+,18-/m0/s1. The van der Waals surface area contributed by atoms with E-state index in [0.717, 1.165) is 12.0 Å². The SMILES string of the molecule is CCNC(=O)N1C[C@H](C(=O)N[C@@H](C)CC)CC[C@H]1c1ccc(F)c(C)c1. The second-order valence-corrected chi connectivity index (χ2v) is 7.10. The Hall–Kier alpha value is -2.11. The van der Waals surface area contributed by atoms with E-state index < -0.39 is 0 Å². The summed E-state index contributed by atoms with van der Waals surface area (Å²) in [5.41, 5.74) is 1.48. The first-order chi connectivity index (χ1) is 12.4. The number of carbonyl (C=O) groups excluding carboxylic acids is 2. The summed E-state index contributed by atoms with van der Waals surface area (Å²) in [5, 5.41) is 5.85. The minimum absolute atomic E-state index is 0.00221. The molecule has 1 saturated heterocycles. The molecule has 1 aliphatic rings. The first-order valence-corrected chi connectivity index (χ1v) is 9.48. The average molecular weight is 363 g/mol. The highest BCUT2D eigenvalue weighted by molar-refractivity contribution is 5.81. The molecule has 2 N–H and O–H groups in total. The van der Waals surface area contributed by atoms with Crippen molar-refractivity contribution in [3.05, 3.63) is 35.1 Å². The number of likely N-dealkylation sites (tertiary alicyclic amines) is 1. The van der Waals surface area contributed by atoms with E-state index in [0.29, 0.717) is 31.5 Å². The Kier molecular flexibility index (Phi) is 7.00. The van der Waals surface area contributed by atoms with Crippen molar-refractivity contribution in [3.8, 4) is 0 Å². The number of hydrogen-bond acceptors (Lipinski definition) is 2. The molecule has 144 valence electrons. The van der Waals surface area contributed by atoms with Crippen LogP contribution in [0.5, 0.6) is 0 Å². The van der Waals surface area contributed by atoms with Crippen LogP contribution in [0.2, 0.25) is 0 Å². The molecule has 1 aromatic carbocycles. The van der Waals surface area contributed by atoms with Crippen LogP contribution in [0.15, 0.2) is 18.2 Å². The molecule has 26 heavy (non-hydrogen) atoms. The van der Waals surface area contributed by atoms with Gasteiger partial charge in [0, 0.05) is 19.1 Å². The van der Waals surface area contributed by atoms with E-state index in [1.165, 1.54) is 6.07 Å². The van der Waals surface area contributed by atoms with Gasteiger partial charge in [-0.1, -0.05) is 19.1 Å². The Balaban J connectivity index is 2.20. The van der Waals surface area contributed by atoms with Crippen molar-refractivity contribution in [2.45, 2.75) is 59.0 Å². The van der Waals surface area contributed by atoms with E-state index >= 15 is 0 Å². The second-order valence-electron chi connectivity index (χ2n) is 7.10. The zero-order valence-corrected chi connectivity index (χ0v) is 16.1. The van der Waals surface area contributed by atoms with Gasteiger partial charge < -0.3 is 15.5 Å². The van der Waals surface area contributed by atoms with Crippen LogP contribution in [0.25, 0.3) is 0 Å². The van der Waals surface area contributed by atoms with Crippen LogP contribution >= 0.6 is 0 Å². The summed E-state index contributed by atoms with van der Waals surface area (Å²) < 4.78 is 13.6. The van der Waals surface area contributed by atoms with Gasteiger partial charge in [0.05, 0.1) is 12.0 Å². The van der Waals surface area contributed by atoms with Gasteiger partial charge in [0.2, 0.25) is 5.91 Å². The van der Waals surface area contributed by atoms with Gasteiger partial charge in [-0.05, 0) is 57.2 Å². The summed E-state index contributed by atoms with van der Waals surface area (Å²) in [4.78, 5) is 26.8. The summed E-state index contributed by atoms with van der Waals surface area (Å²) in [6.07, 6.45) is 2.26. The highest BCUT2D eigenvalue weighted by Gasteiger charge is 2.35. The Morgan fingerprint density at radius 2 is 2.04 bits per heavy atom. The summed E-state index contributed by atoms with van der Waals surface area (Å²) >= 11 is 0. The Bertz CT molecular complexity index is 650. The predicted octanol–water partition coefficient (Wildman–Crippen LogP) is 3.53. The fourth-order valence-electron chi connectivity index (χ4n) is 3.35.